The zero-order valence-corrected chi connectivity index (χ0v) is 5.96. The van der Waals surface area contributed by atoms with E-state index in [1.165, 1.54) is 6.08 Å². The van der Waals surface area contributed by atoms with Gasteiger partial charge in [0.05, 0.1) is 6.61 Å². The summed E-state index contributed by atoms with van der Waals surface area (Å²) in [4.78, 5) is 10.8. The minimum absolute atomic E-state index is 0.152. The summed E-state index contributed by atoms with van der Waals surface area (Å²) in [5.41, 5.74) is 0. The molecule has 0 aliphatic carbocycles. The van der Waals surface area contributed by atoms with Gasteiger partial charge in [0.25, 0.3) is 0 Å². The molecule has 54 valence electrons. The Kier molecular flexibility index (Phi) is 2.26. The summed E-state index contributed by atoms with van der Waals surface area (Å²) < 4.78 is 5.14. The minimum atomic E-state index is 0.152. The molecule has 0 saturated carbocycles. The normalized spacial score (nSPS) is 18.9. The van der Waals surface area contributed by atoms with Crippen molar-refractivity contribution in [3.05, 3.63) is 24.0 Å². The van der Waals surface area contributed by atoms with E-state index in [4.69, 9.17) is 4.74 Å². The van der Waals surface area contributed by atoms with Gasteiger partial charge in [-0.2, -0.15) is 0 Å². The van der Waals surface area contributed by atoms with Crippen molar-refractivity contribution < 1.29 is 9.53 Å². The number of hydrogen-bond acceptors (Lipinski definition) is 2. The fourth-order valence-corrected chi connectivity index (χ4v) is 0.802. The van der Waals surface area contributed by atoms with E-state index in [2.05, 4.69) is 0 Å². The second kappa shape index (κ2) is 3.20. The molecular weight excluding hydrogens is 128 g/mol. The molecule has 0 N–H and O–H groups in total. The molecule has 0 radical (unpaired) electrons. The summed E-state index contributed by atoms with van der Waals surface area (Å²) in [7, 11) is 0. The van der Waals surface area contributed by atoms with Crippen LogP contribution >= 0.6 is 0 Å². The predicted molar refractivity (Wildman–Crippen MR) is 38.5 cm³/mol. The Morgan fingerprint density at radius 2 is 2.50 bits per heavy atom. The van der Waals surface area contributed by atoms with Gasteiger partial charge in [-0.25, -0.2) is 0 Å². The molecule has 0 spiro atoms. The number of ketones is 1. The van der Waals surface area contributed by atoms with Crippen molar-refractivity contribution in [2.24, 2.45) is 0 Å². The number of hydrogen-bond donors (Lipinski definition) is 0. The van der Waals surface area contributed by atoms with Crippen LogP contribution in [0.3, 0.4) is 0 Å². The summed E-state index contributed by atoms with van der Waals surface area (Å²) in [6.45, 7) is 2.41. The number of carbonyl (C=O) groups is 1. The molecular formula is C8H10O2. The highest BCUT2D eigenvalue weighted by atomic mass is 16.5. The lowest BCUT2D eigenvalue weighted by molar-refractivity contribution is -0.116. The van der Waals surface area contributed by atoms with E-state index in [0.29, 0.717) is 18.8 Å². The number of ether oxygens (including phenoxy) is 1. The highest BCUT2D eigenvalue weighted by molar-refractivity contribution is 5.91. The number of allylic oxidation sites excluding steroid dienone is 3. The third kappa shape index (κ3) is 1.72. The number of carbonyl (C=O) groups excluding carboxylic acids is 1. The quantitative estimate of drug-likeness (QED) is 0.548. The summed E-state index contributed by atoms with van der Waals surface area (Å²) in [6, 6.07) is 0. The van der Waals surface area contributed by atoms with Crippen LogP contribution in [0.4, 0.5) is 0 Å². The lowest BCUT2D eigenvalue weighted by Gasteiger charge is -2.09. The van der Waals surface area contributed by atoms with Gasteiger partial charge in [-0.05, 0) is 13.0 Å². The van der Waals surface area contributed by atoms with E-state index in [1.54, 1.807) is 6.08 Å². The maximum absolute atomic E-state index is 10.8. The third-order valence-corrected chi connectivity index (χ3v) is 1.25. The predicted octanol–water partition coefficient (Wildman–Crippen LogP) is 1.44. The van der Waals surface area contributed by atoms with Crippen LogP contribution in [0.25, 0.3) is 0 Å². The summed E-state index contributed by atoms with van der Waals surface area (Å²) in [5.74, 6) is 0.832. The first-order valence-corrected chi connectivity index (χ1v) is 3.33. The van der Waals surface area contributed by atoms with E-state index in [-0.39, 0.29) is 5.78 Å². The summed E-state index contributed by atoms with van der Waals surface area (Å²) in [6.07, 6.45) is 5.69. The summed E-state index contributed by atoms with van der Waals surface area (Å²) in [5, 5.41) is 0. The average molecular weight is 138 g/mol. The molecule has 0 amide bonds. The van der Waals surface area contributed by atoms with Crippen LogP contribution in [0.15, 0.2) is 24.0 Å². The molecule has 1 aliphatic rings. The van der Waals surface area contributed by atoms with Crippen LogP contribution in [-0.4, -0.2) is 12.4 Å². The highest BCUT2D eigenvalue weighted by Crippen LogP contribution is 2.07. The first-order chi connectivity index (χ1) is 4.83. The molecule has 1 rings (SSSR count). The lowest BCUT2D eigenvalue weighted by Crippen LogP contribution is -2.08. The van der Waals surface area contributed by atoms with E-state index in [9.17, 15) is 4.79 Å². The van der Waals surface area contributed by atoms with Crippen molar-refractivity contribution >= 4 is 5.78 Å². The van der Waals surface area contributed by atoms with E-state index in [1.807, 2.05) is 13.0 Å². The molecule has 0 saturated heterocycles. The van der Waals surface area contributed by atoms with Gasteiger partial charge >= 0.3 is 0 Å². The van der Waals surface area contributed by atoms with Crippen molar-refractivity contribution in [3.63, 3.8) is 0 Å². The van der Waals surface area contributed by atoms with Crippen LogP contribution in [0, 0.1) is 0 Å². The molecule has 0 fully saturated rings. The molecule has 2 heteroatoms. The Labute approximate surface area is 60.2 Å². The molecule has 0 atom stereocenters. The Hall–Kier alpha value is -1.05. The van der Waals surface area contributed by atoms with Gasteiger partial charge in [-0.15, -0.1) is 0 Å². The highest BCUT2D eigenvalue weighted by Gasteiger charge is 2.06. The van der Waals surface area contributed by atoms with Crippen LogP contribution in [-0.2, 0) is 9.53 Å². The second-order valence-electron chi connectivity index (χ2n) is 2.11. The molecule has 0 aromatic rings. The van der Waals surface area contributed by atoms with Crippen molar-refractivity contribution in [1.29, 1.82) is 0 Å². The zero-order chi connectivity index (χ0) is 7.40. The van der Waals surface area contributed by atoms with E-state index >= 15 is 0 Å². The lowest BCUT2D eigenvalue weighted by atomic mass is 10.2. The topological polar surface area (TPSA) is 26.3 Å². The second-order valence-corrected chi connectivity index (χ2v) is 2.11. The van der Waals surface area contributed by atoms with Gasteiger partial charge in [0.2, 0.25) is 0 Å². The largest absolute Gasteiger partial charge is 0.493 e. The average Bonchev–Trinajstić information content (AvgIpc) is 1.88. The van der Waals surface area contributed by atoms with Crippen molar-refractivity contribution in [2.75, 3.05) is 6.61 Å². The molecule has 0 unspecified atom stereocenters. The van der Waals surface area contributed by atoms with Gasteiger partial charge in [-0.1, -0.05) is 6.08 Å². The molecule has 1 heterocycles. The van der Waals surface area contributed by atoms with Crippen LogP contribution in [0.2, 0.25) is 0 Å². The van der Waals surface area contributed by atoms with Gasteiger partial charge < -0.3 is 4.74 Å². The van der Waals surface area contributed by atoms with Crippen LogP contribution < -0.4 is 0 Å². The number of rotatable bonds is 1. The molecule has 2 nitrogen and oxygen atoms in total. The maximum atomic E-state index is 10.8. The smallest absolute Gasteiger partial charge is 0.162 e. The van der Waals surface area contributed by atoms with Crippen molar-refractivity contribution in [2.45, 2.75) is 13.3 Å². The molecule has 1 aliphatic heterocycles. The fraction of sp³-hybridized carbons (Fsp3) is 0.375. The van der Waals surface area contributed by atoms with Gasteiger partial charge in [0.1, 0.15) is 5.76 Å². The Morgan fingerprint density at radius 3 is 3.10 bits per heavy atom. The molecule has 0 aromatic heterocycles. The Morgan fingerprint density at radius 1 is 1.70 bits per heavy atom. The van der Waals surface area contributed by atoms with Crippen molar-refractivity contribution in [3.8, 4) is 0 Å². The molecule has 0 bridgehead atoms. The minimum Gasteiger partial charge on any atom is -0.493 e. The molecule has 0 aromatic carbocycles. The van der Waals surface area contributed by atoms with Gasteiger partial charge in [0, 0.05) is 12.5 Å². The van der Waals surface area contributed by atoms with Crippen molar-refractivity contribution in [1.82, 2.24) is 0 Å². The first-order valence-electron chi connectivity index (χ1n) is 3.33. The zero-order valence-electron chi connectivity index (χ0n) is 5.96. The standard InChI is InChI=1S/C8H10O2/c1-2-3-8-6-7(9)4-5-10-8/h2-3,6H,4-5H2,1H3. The monoisotopic (exact) mass is 138 g/mol. The first kappa shape index (κ1) is 7.06. The molecule has 10 heavy (non-hydrogen) atoms. The fourth-order valence-electron chi connectivity index (χ4n) is 0.802. The van der Waals surface area contributed by atoms with Gasteiger partial charge in [-0.3, -0.25) is 4.79 Å². The maximum Gasteiger partial charge on any atom is 0.162 e. The van der Waals surface area contributed by atoms with E-state index in [0.717, 1.165) is 0 Å². The van der Waals surface area contributed by atoms with Crippen LogP contribution in [0.1, 0.15) is 13.3 Å². The van der Waals surface area contributed by atoms with E-state index < -0.39 is 0 Å². The van der Waals surface area contributed by atoms with Gasteiger partial charge in [0.15, 0.2) is 5.78 Å². The Balaban J connectivity index is 2.66. The Bertz CT molecular complexity index is 189. The summed E-state index contributed by atoms with van der Waals surface area (Å²) >= 11 is 0. The SMILES string of the molecule is CC=CC1=CC(=O)CCO1. The van der Waals surface area contributed by atoms with Crippen LogP contribution in [0.5, 0.6) is 0 Å². The third-order valence-electron chi connectivity index (χ3n) is 1.25.